The predicted octanol–water partition coefficient (Wildman–Crippen LogP) is 1.40. The second-order valence-corrected chi connectivity index (χ2v) is 5.17. The van der Waals surface area contributed by atoms with Gasteiger partial charge in [-0.25, -0.2) is 0 Å². The molecule has 2 fully saturated rings. The van der Waals surface area contributed by atoms with Crippen LogP contribution in [0.1, 0.15) is 39.5 Å². The first kappa shape index (κ1) is 11.4. The molecule has 0 radical (unpaired) electrons. The molecule has 1 saturated heterocycles. The van der Waals surface area contributed by atoms with Gasteiger partial charge in [-0.05, 0) is 39.5 Å². The summed E-state index contributed by atoms with van der Waals surface area (Å²) >= 11 is 0. The highest BCUT2D eigenvalue weighted by molar-refractivity contribution is 4.83. The summed E-state index contributed by atoms with van der Waals surface area (Å²) in [5, 5.41) is 9.49. The Morgan fingerprint density at radius 3 is 2.07 bits per heavy atom. The van der Waals surface area contributed by atoms with Crippen molar-refractivity contribution < 1.29 is 9.84 Å². The van der Waals surface area contributed by atoms with Crippen LogP contribution in [-0.4, -0.2) is 47.4 Å². The Hall–Kier alpha value is -0.120. The Morgan fingerprint density at radius 2 is 1.53 bits per heavy atom. The average molecular weight is 213 g/mol. The highest BCUT2D eigenvalue weighted by atomic mass is 16.5. The van der Waals surface area contributed by atoms with E-state index >= 15 is 0 Å². The Morgan fingerprint density at radius 1 is 1.00 bits per heavy atom. The first-order valence-corrected chi connectivity index (χ1v) is 6.22. The monoisotopic (exact) mass is 213 g/mol. The highest BCUT2D eigenvalue weighted by Crippen LogP contribution is 2.25. The molecule has 2 aliphatic rings. The van der Waals surface area contributed by atoms with Crippen molar-refractivity contribution in [1.82, 2.24) is 4.90 Å². The van der Waals surface area contributed by atoms with Crippen molar-refractivity contribution in [2.45, 2.75) is 63.9 Å². The third-order valence-corrected chi connectivity index (χ3v) is 3.63. The Labute approximate surface area is 92.4 Å². The minimum Gasteiger partial charge on any atom is -0.393 e. The van der Waals surface area contributed by atoms with Crippen molar-refractivity contribution in [2.75, 3.05) is 13.1 Å². The number of nitrogens with zero attached hydrogens (tertiary/aromatic N) is 1. The lowest BCUT2D eigenvalue weighted by Gasteiger charge is -2.42. The lowest BCUT2D eigenvalue weighted by Crippen LogP contribution is -2.51. The normalized spacial score (nSPS) is 44.2. The molecular weight excluding hydrogens is 190 g/mol. The van der Waals surface area contributed by atoms with Gasteiger partial charge in [-0.3, -0.25) is 4.90 Å². The van der Waals surface area contributed by atoms with E-state index in [2.05, 4.69) is 18.7 Å². The summed E-state index contributed by atoms with van der Waals surface area (Å²) in [5.74, 6) is 0. The van der Waals surface area contributed by atoms with E-state index in [0.29, 0.717) is 18.2 Å². The molecular formula is C12H23NO2. The van der Waals surface area contributed by atoms with Gasteiger partial charge in [0.05, 0.1) is 18.3 Å². The second-order valence-electron chi connectivity index (χ2n) is 5.17. The number of hydrogen-bond acceptors (Lipinski definition) is 3. The predicted molar refractivity (Wildman–Crippen MR) is 59.8 cm³/mol. The lowest BCUT2D eigenvalue weighted by atomic mass is 9.91. The smallest absolute Gasteiger partial charge is 0.0678 e. The molecule has 0 aromatic rings. The largest absolute Gasteiger partial charge is 0.393 e. The number of morpholine rings is 1. The van der Waals surface area contributed by atoms with Gasteiger partial charge < -0.3 is 9.84 Å². The van der Waals surface area contributed by atoms with Crippen LogP contribution in [-0.2, 0) is 4.74 Å². The summed E-state index contributed by atoms with van der Waals surface area (Å²) in [6, 6.07) is 0.683. The van der Waals surface area contributed by atoms with Crippen molar-refractivity contribution in [1.29, 1.82) is 0 Å². The van der Waals surface area contributed by atoms with E-state index in [-0.39, 0.29) is 6.10 Å². The molecule has 88 valence electrons. The van der Waals surface area contributed by atoms with Crippen molar-refractivity contribution in [3.8, 4) is 0 Å². The van der Waals surface area contributed by atoms with Crippen LogP contribution in [0.15, 0.2) is 0 Å². The van der Waals surface area contributed by atoms with E-state index in [1.807, 2.05) is 0 Å². The summed E-state index contributed by atoms with van der Waals surface area (Å²) in [6.45, 7) is 6.43. The summed E-state index contributed by atoms with van der Waals surface area (Å²) in [4.78, 5) is 2.56. The third-order valence-electron chi connectivity index (χ3n) is 3.63. The van der Waals surface area contributed by atoms with E-state index in [1.165, 1.54) is 0 Å². The first-order chi connectivity index (χ1) is 7.15. The third kappa shape index (κ3) is 2.92. The van der Waals surface area contributed by atoms with E-state index in [4.69, 9.17) is 4.74 Å². The Kier molecular flexibility index (Phi) is 3.65. The number of ether oxygens (including phenoxy) is 1. The molecule has 0 aromatic carbocycles. The SMILES string of the molecule is CC1CN(C2CCC(O)CC2)CC(C)O1. The molecule has 1 N–H and O–H groups in total. The van der Waals surface area contributed by atoms with Gasteiger partial charge >= 0.3 is 0 Å². The zero-order valence-corrected chi connectivity index (χ0v) is 9.85. The molecule has 0 aromatic heterocycles. The molecule has 3 heteroatoms. The van der Waals surface area contributed by atoms with Crippen LogP contribution in [0.25, 0.3) is 0 Å². The average Bonchev–Trinajstić information content (AvgIpc) is 2.17. The first-order valence-electron chi connectivity index (χ1n) is 6.22. The van der Waals surface area contributed by atoms with Gasteiger partial charge in [0.15, 0.2) is 0 Å². The molecule has 0 bridgehead atoms. The van der Waals surface area contributed by atoms with Gasteiger partial charge in [0.2, 0.25) is 0 Å². The van der Waals surface area contributed by atoms with E-state index in [1.54, 1.807) is 0 Å². The Balaban J connectivity index is 1.87. The van der Waals surface area contributed by atoms with Gasteiger partial charge in [-0.1, -0.05) is 0 Å². The van der Waals surface area contributed by atoms with Crippen molar-refractivity contribution in [2.24, 2.45) is 0 Å². The molecule has 2 unspecified atom stereocenters. The number of hydrogen-bond donors (Lipinski definition) is 1. The fourth-order valence-electron chi connectivity index (χ4n) is 2.94. The van der Waals surface area contributed by atoms with Crippen LogP contribution in [0, 0.1) is 0 Å². The molecule has 1 aliphatic heterocycles. The minimum atomic E-state index is -0.0443. The number of aliphatic hydroxyl groups excluding tert-OH is 1. The van der Waals surface area contributed by atoms with Crippen molar-refractivity contribution >= 4 is 0 Å². The maximum absolute atomic E-state index is 9.49. The molecule has 15 heavy (non-hydrogen) atoms. The topological polar surface area (TPSA) is 32.7 Å². The molecule has 1 saturated carbocycles. The van der Waals surface area contributed by atoms with E-state index in [0.717, 1.165) is 38.8 Å². The van der Waals surface area contributed by atoms with Gasteiger partial charge in [0, 0.05) is 19.1 Å². The quantitative estimate of drug-likeness (QED) is 0.714. The van der Waals surface area contributed by atoms with Crippen LogP contribution in [0.3, 0.4) is 0 Å². The zero-order valence-electron chi connectivity index (χ0n) is 9.85. The van der Waals surface area contributed by atoms with E-state index < -0.39 is 0 Å². The van der Waals surface area contributed by atoms with Crippen LogP contribution in [0.4, 0.5) is 0 Å². The molecule has 0 amide bonds. The van der Waals surface area contributed by atoms with Crippen LogP contribution in [0.2, 0.25) is 0 Å². The summed E-state index contributed by atoms with van der Waals surface area (Å²) in [5.41, 5.74) is 0. The maximum Gasteiger partial charge on any atom is 0.0678 e. The summed E-state index contributed by atoms with van der Waals surface area (Å²) in [6.07, 6.45) is 4.94. The standard InChI is InChI=1S/C12H23NO2/c1-9-7-13(8-10(2)15-9)11-3-5-12(14)6-4-11/h9-12,14H,3-8H2,1-2H3. The van der Waals surface area contributed by atoms with Gasteiger partial charge in [-0.2, -0.15) is 0 Å². The van der Waals surface area contributed by atoms with Gasteiger partial charge in [0.1, 0.15) is 0 Å². The molecule has 2 atom stereocenters. The molecule has 1 aliphatic carbocycles. The summed E-state index contributed by atoms with van der Waals surface area (Å²) in [7, 11) is 0. The molecule has 3 nitrogen and oxygen atoms in total. The fraction of sp³-hybridized carbons (Fsp3) is 1.00. The lowest BCUT2D eigenvalue weighted by molar-refractivity contribution is -0.0872. The maximum atomic E-state index is 9.49. The molecule has 0 spiro atoms. The molecule has 2 rings (SSSR count). The fourth-order valence-corrected chi connectivity index (χ4v) is 2.94. The van der Waals surface area contributed by atoms with Crippen LogP contribution in [0.5, 0.6) is 0 Å². The zero-order chi connectivity index (χ0) is 10.8. The number of aliphatic hydroxyl groups is 1. The van der Waals surface area contributed by atoms with Crippen LogP contribution < -0.4 is 0 Å². The van der Waals surface area contributed by atoms with E-state index in [9.17, 15) is 5.11 Å². The second kappa shape index (κ2) is 4.81. The Bertz CT molecular complexity index is 192. The van der Waals surface area contributed by atoms with Crippen LogP contribution >= 0.6 is 0 Å². The van der Waals surface area contributed by atoms with Crippen molar-refractivity contribution in [3.63, 3.8) is 0 Å². The highest BCUT2D eigenvalue weighted by Gasteiger charge is 2.30. The minimum absolute atomic E-state index is 0.0443. The van der Waals surface area contributed by atoms with Gasteiger partial charge in [0.25, 0.3) is 0 Å². The van der Waals surface area contributed by atoms with Gasteiger partial charge in [-0.15, -0.1) is 0 Å². The number of rotatable bonds is 1. The molecule has 1 heterocycles. The summed E-state index contributed by atoms with van der Waals surface area (Å²) < 4.78 is 5.74. The van der Waals surface area contributed by atoms with Crippen molar-refractivity contribution in [3.05, 3.63) is 0 Å².